The van der Waals surface area contributed by atoms with Gasteiger partial charge in [0.15, 0.2) is 0 Å². The number of carbonyl (C=O) groups is 1. The summed E-state index contributed by atoms with van der Waals surface area (Å²) in [6.45, 7) is 0. The van der Waals surface area contributed by atoms with Gasteiger partial charge in [0.05, 0.1) is 0 Å². The molecule has 0 amide bonds. The van der Waals surface area contributed by atoms with Crippen molar-refractivity contribution < 1.29 is 22.9 Å². The van der Waals surface area contributed by atoms with Crippen molar-refractivity contribution in [3.8, 4) is 0 Å². The van der Waals surface area contributed by atoms with Gasteiger partial charge in [0, 0.05) is 0 Å². The fraction of sp³-hybridized carbons (Fsp3) is 0. The average Bonchev–Trinajstić information content (AvgIpc) is 1.31. The van der Waals surface area contributed by atoms with Crippen LogP contribution in [0.25, 0.3) is 0 Å². The van der Waals surface area contributed by atoms with Crippen molar-refractivity contribution in [1.82, 2.24) is 0 Å². The zero-order valence-electron chi connectivity index (χ0n) is 3.03. The van der Waals surface area contributed by atoms with Gasteiger partial charge in [-0.15, -0.1) is 0 Å². The molecule has 0 fully saturated rings. The van der Waals surface area contributed by atoms with Crippen molar-refractivity contribution in [3.05, 3.63) is 0 Å². The first-order chi connectivity index (χ1) is 2.94. The minimum atomic E-state index is -4.82. The van der Waals surface area contributed by atoms with E-state index in [0.29, 0.717) is 0 Å². The van der Waals surface area contributed by atoms with Crippen molar-refractivity contribution in [2.24, 2.45) is 0 Å². The summed E-state index contributed by atoms with van der Waals surface area (Å²) in [5, 5.41) is 5.18. The molecule has 0 bridgehead atoms. The van der Waals surface area contributed by atoms with Gasteiger partial charge >= 0.3 is 66.8 Å². The molecule has 0 saturated heterocycles. The molecule has 0 spiro atoms. The van der Waals surface area contributed by atoms with E-state index in [4.69, 9.17) is 9.66 Å². The number of hydrogen-bond acceptors (Lipinski definition) is 3. The van der Waals surface area contributed by atoms with E-state index >= 15 is 0 Å². The molecule has 0 atom stereocenters. The van der Waals surface area contributed by atoms with E-state index in [1.165, 1.54) is 0 Å². The van der Waals surface area contributed by atoms with Gasteiger partial charge in [-0.2, -0.15) is 8.42 Å². The summed E-state index contributed by atoms with van der Waals surface area (Å²) in [7, 11) is -4.82. The third-order valence-corrected chi connectivity index (χ3v) is 0.662. The Balaban J connectivity index is 0. The maximum absolute atomic E-state index is 9.29. The Morgan fingerprint density at radius 1 is 1.38 bits per heavy atom. The second-order valence-corrected chi connectivity index (χ2v) is 2.04. The normalized spacial score (nSPS) is 9.62. The van der Waals surface area contributed by atoms with Crippen LogP contribution in [0.1, 0.15) is 0 Å². The first-order valence-corrected chi connectivity index (χ1v) is 2.59. The van der Waals surface area contributed by atoms with Gasteiger partial charge in [-0.25, -0.2) is 4.79 Å². The Morgan fingerprint density at radius 2 is 1.50 bits per heavy atom. The van der Waals surface area contributed by atoms with Crippen LogP contribution >= 0.6 is 0 Å². The molecule has 0 saturated carbocycles. The molecule has 0 unspecified atom stereocenters. The van der Waals surface area contributed by atoms with Crippen molar-refractivity contribution in [2.75, 3.05) is 0 Å². The Labute approximate surface area is 88.2 Å². The molecule has 44 valence electrons. The van der Waals surface area contributed by atoms with Gasteiger partial charge in [0.25, 0.3) is 0 Å². The van der Waals surface area contributed by atoms with Crippen LogP contribution in [0.3, 0.4) is 0 Å². The predicted octanol–water partition coefficient (Wildman–Crippen LogP) is -1.10. The monoisotopic (exact) mass is 166 g/mol. The molecule has 0 aliphatic heterocycles. The van der Waals surface area contributed by atoms with Crippen molar-refractivity contribution in [3.63, 3.8) is 0 Å². The van der Waals surface area contributed by atoms with Crippen LogP contribution in [0, 0.1) is 0 Å². The summed E-state index contributed by atoms with van der Waals surface area (Å²) in [6, 6.07) is 0. The Kier molecular flexibility index (Phi) is 5.79. The van der Waals surface area contributed by atoms with Crippen LogP contribution in [0.15, 0.2) is 0 Å². The van der Waals surface area contributed by atoms with Crippen LogP contribution in [0.5, 0.6) is 0 Å². The second-order valence-electron chi connectivity index (χ2n) is 0.741. The van der Waals surface area contributed by atoms with Crippen molar-refractivity contribution in [2.45, 2.75) is 0 Å². The minimum absolute atomic E-state index is 0. The molecule has 8 heavy (non-hydrogen) atoms. The molecule has 0 aromatic carbocycles. The maximum atomic E-state index is 9.29. The average molecular weight is 166 g/mol. The van der Waals surface area contributed by atoms with Crippen molar-refractivity contribution >= 4 is 66.8 Å². The molecule has 0 rings (SSSR count). The SMILES string of the molecule is O=C(O)S(=O)(=O)O.[KH]. The molecule has 5 nitrogen and oxygen atoms in total. The number of rotatable bonds is 0. The van der Waals surface area contributed by atoms with Crippen molar-refractivity contribution in [1.29, 1.82) is 0 Å². The fourth-order valence-corrected chi connectivity index (χ4v) is 0. The van der Waals surface area contributed by atoms with E-state index in [0.717, 1.165) is 0 Å². The summed E-state index contributed by atoms with van der Waals surface area (Å²) >= 11 is 0. The van der Waals surface area contributed by atoms with E-state index in [1.54, 1.807) is 0 Å². The predicted molar refractivity (Wildman–Crippen MR) is 26.7 cm³/mol. The zero-order valence-corrected chi connectivity index (χ0v) is 3.84. The molecule has 0 heterocycles. The Morgan fingerprint density at radius 3 is 1.50 bits per heavy atom. The van der Waals surface area contributed by atoms with Crippen LogP contribution < -0.4 is 0 Å². The molecular formula is CH3KO5S. The summed E-state index contributed by atoms with van der Waals surface area (Å²) in [4.78, 5) is 9.18. The van der Waals surface area contributed by atoms with E-state index < -0.39 is 15.4 Å². The summed E-state index contributed by atoms with van der Waals surface area (Å²) in [5.74, 6) is 0. The molecule has 0 aromatic heterocycles. The van der Waals surface area contributed by atoms with Gasteiger partial charge in [-0.05, 0) is 0 Å². The Bertz CT molecular complexity index is 167. The topological polar surface area (TPSA) is 91.7 Å². The summed E-state index contributed by atoms with van der Waals surface area (Å²) in [6.07, 6.45) is 0. The Hall–Kier alpha value is 1.02. The standard InChI is InChI=1S/CH2O5S.K.H/c2-1(3)7(4,5)6;;/h(H,2,3)(H,4,5,6);;. The van der Waals surface area contributed by atoms with Gasteiger partial charge < -0.3 is 5.11 Å². The summed E-state index contributed by atoms with van der Waals surface area (Å²) in [5.41, 5.74) is 0. The molecule has 0 aromatic rings. The van der Waals surface area contributed by atoms with E-state index in [1.807, 2.05) is 0 Å². The molecule has 0 radical (unpaired) electrons. The van der Waals surface area contributed by atoms with Gasteiger partial charge in [0.2, 0.25) is 0 Å². The molecular weight excluding hydrogens is 163 g/mol. The van der Waals surface area contributed by atoms with Crippen LogP contribution in [0.4, 0.5) is 4.79 Å². The van der Waals surface area contributed by atoms with Gasteiger partial charge in [0.1, 0.15) is 0 Å². The summed E-state index contributed by atoms with van der Waals surface area (Å²) < 4.78 is 26.0. The number of hydrogen-bond donors (Lipinski definition) is 2. The molecule has 2 N–H and O–H groups in total. The fourth-order valence-electron chi connectivity index (χ4n) is 0. The van der Waals surface area contributed by atoms with Gasteiger partial charge in [-0.1, -0.05) is 0 Å². The molecule has 7 heteroatoms. The van der Waals surface area contributed by atoms with Crippen LogP contribution in [0.2, 0.25) is 0 Å². The molecule has 0 aliphatic rings. The first kappa shape index (κ1) is 11.8. The first-order valence-electron chi connectivity index (χ1n) is 1.15. The molecule has 0 aliphatic carbocycles. The second kappa shape index (κ2) is 3.93. The third kappa shape index (κ3) is 5.16. The van der Waals surface area contributed by atoms with Crippen LogP contribution in [-0.2, 0) is 10.1 Å². The third-order valence-electron chi connectivity index (χ3n) is 0.221. The quantitative estimate of drug-likeness (QED) is 0.352. The van der Waals surface area contributed by atoms with E-state index in [2.05, 4.69) is 0 Å². The zero-order chi connectivity index (χ0) is 6.08. The van der Waals surface area contributed by atoms with Crippen LogP contribution in [-0.4, -0.2) is 74.8 Å². The van der Waals surface area contributed by atoms with E-state index in [9.17, 15) is 13.2 Å². The van der Waals surface area contributed by atoms with Gasteiger partial charge in [-0.3, -0.25) is 4.55 Å². The number of carboxylic acid groups (broad SMARTS) is 1. The van der Waals surface area contributed by atoms with E-state index in [-0.39, 0.29) is 51.4 Å².